The highest BCUT2D eigenvalue weighted by molar-refractivity contribution is 5.84. The molecule has 1 amide bonds. The van der Waals surface area contributed by atoms with Crippen LogP contribution in [-0.2, 0) is 23.9 Å². The number of nitrogens with two attached hydrogens (primary N) is 1. The molecule has 51 heavy (non-hydrogen) atoms. The van der Waals surface area contributed by atoms with Crippen molar-refractivity contribution in [2.75, 3.05) is 20.2 Å². The Morgan fingerprint density at radius 1 is 0.765 bits per heavy atom. The Kier molecular flexibility index (Phi) is 12.5. The molecule has 5 aliphatic carbocycles. The molecular formula is C44H74N2O5. The van der Waals surface area contributed by atoms with E-state index in [9.17, 15) is 14.4 Å². The minimum atomic E-state index is -0.314. The molecule has 7 heteroatoms. The fourth-order valence-corrected chi connectivity index (χ4v) is 13.9. The van der Waals surface area contributed by atoms with Gasteiger partial charge in [0.15, 0.2) is 0 Å². The van der Waals surface area contributed by atoms with Crippen LogP contribution in [0, 0.1) is 56.7 Å². The van der Waals surface area contributed by atoms with Gasteiger partial charge in [0.2, 0.25) is 5.91 Å². The molecule has 0 aromatic carbocycles. The number of carbonyl (C=O) groups excluding carboxylic acids is 3. The first-order valence-electron chi connectivity index (χ1n) is 21.0. The van der Waals surface area contributed by atoms with Crippen LogP contribution in [0.1, 0.15) is 164 Å². The van der Waals surface area contributed by atoms with Gasteiger partial charge in [0, 0.05) is 31.8 Å². The van der Waals surface area contributed by atoms with Gasteiger partial charge in [-0.2, -0.15) is 0 Å². The average Bonchev–Trinajstić information content (AvgIpc) is 3.49. The van der Waals surface area contributed by atoms with Crippen molar-refractivity contribution in [3.63, 3.8) is 0 Å². The summed E-state index contributed by atoms with van der Waals surface area (Å²) in [6, 6.07) is 0. The normalized spacial score (nSPS) is 39.5. The van der Waals surface area contributed by atoms with Gasteiger partial charge < -0.3 is 20.5 Å². The van der Waals surface area contributed by atoms with Crippen LogP contribution in [0.2, 0.25) is 0 Å². The van der Waals surface area contributed by atoms with E-state index in [2.05, 4.69) is 46.5 Å². The SMILES string of the molecule is C=C(CN)[C@@H]1CC[C@]2(C(=O)NCCCCCCCCCCC(=O)OC)CC[C@]3(C)[C@H](CC[C@@H]4[C@@]5(C)CC[C@H](OC(C)=O)C(C)(C)[C@@H]5CC[C@]43C)[C@@H]12. The van der Waals surface area contributed by atoms with Gasteiger partial charge in [-0.05, 0) is 123 Å². The maximum absolute atomic E-state index is 14.5. The van der Waals surface area contributed by atoms with Crippen LogP contribution < -0.4 is 11.1 Å². The van der Waals surface area contributed by atoms with Crippen molar-refractivity contribution < 1.29 is 23.9 Å². The van der Waals surface area contributed by atoms with E-state index >= 15 is 0 Å². The van der Waals surface area contributed by atoms with Crippen LogP contribution >= 0.6 is 0 Å². The molecule has 0 unspecified atom stereocenters. The largest absolute Gasteiger partial charge is 0.469 e. The van der Waals surface area contributed by atoms with E-state index < -0.39 is 0 Å². The molecule has 5 saturated carbocycles. The Morgan fingerprint density at radius 2 is 1.43 bits per heavy atom. The maximum Gasteiger partial charge on any atom is 0.305 e. The quantitative estimate of drug-likeness (QED) is 0.0997. The molecule has 0 bridgehead atoms. The molecule has 0 aliphatic heterocycles. The number of amides is 1. The number of esters is 2. The molecular weight excluding hydrogens is 636 g/mol. The molecule has 0 saturated heterocycles. The minimum Gasteiger partial charge on any atom is -0.469 e. The second-order valence-corrected chi connectivity index (χ2v) is 19.2. The summed E-state index contributed by atoms with van der Waals surface area (Å²) in [6.07, 6.45) is 20.4. The van der Waals surface area contributed by atoms with Crippen molar-refractivity contribution in [2.24, 2.45) is 62.4 Å². The zero-order valence-electron chi connectivity index (χ0n) is 33.6. The molecule has 5 aliphatic rings. The highest BCUT2D eigenvalue weighted by Gasteiger charge is 2.72. The van der Waals surface area contributed by atoms with E-state index in [1.165, 1.54) is 58.5 Å². The monoisotopic (exact) mass is 711 g/mol. The maximum atomic E-state index is 14.5. The Hall–Kier alpha value is -1.89. The first-order chi connectivity index (χ1) is 24.1. The molecule has 3 N–H and O–H groups in total. The standard InChI is InChI=1S/C44H74N2O5/c1-30(29-45)32-20-25-44(39(49)46-28-16-14-12-10-9-11-13-15-17-37(48)50-8)27-26-42(6)33(38(32)44)18-19-35-41(5)23-22-36(51-31(2)47)40(3,4)34(41)21-24-43(35,42)7/h32-36,38H,1,9-29,45H2,2-8H3,(H,46,49)/t32-,33+,34-,35+,36-,38+,41-,42+,43+,44-/m0/s1. The topological polar surface area (TPSA) is 108 Å². The number of hydrogen-bond donors (Lipinski definition) is 2. The zero-order chi connectivity index (χ0) is 37.2. The molecule has 0 spiro atoms. The summed E-state index contributed by atoms with van der Waals surface area (Å²) in [6.45, 7) is 20.0. The van der Waals surface area contributed by atoms with Crippen molar-refractivity contribution in [3.8, 4) is 0 Å². The number of rotatable bonds is 15. The summed E-state index contributed by atoms with van der Waals surface area (Å²) in [4.78, 5) is 37.8. The van der Waals surface area contributed by atoms with Gasteiger partial charge in [-0.3, -0.25) is 14.4 Å². The summed E-state index contributed by atoms with van der Waals surface area (Å²) in [5.41, 5.74) is 7.69. The summed E-state index contributed by atoms with van der Waals surface area (Å²) < 4.78 is 10.7. The van der Waals surface area contributed by atoms with E-state index in [0.29, 0.717) is 48.5 Å². The summed E-state index contributed by atoms with van der Waals surface area (Å²) in [7, 11) is 1.45. The van der Waals surface area contributed by atoms with Crippen LogP contribution in [0.15, 0.2) is 12.2 Å². The minimum absolute atomic E-state index is 0.00456. The average molecular weight is 711 g/mol. The van der Waals surface area contributed by atoms with Crippen molar-refractivity contribution in [3.05, 3.63) is 12.2 Å². The van der Waals surface area contributed by atoms with Crippen LogP contribution in [0.5, 0.6) is 0 Å². The van der Waals surface area contributed by atoms with E-state index in [4.69, 9.17) is 15.2 Å². The lowest BCUT2D eigenvalue weighted by Gasteiger charge is -2.72. The Balaban J connectivity index is 1.25. The number of unbranched alkanes of at least 4 members (excludes halogenated alkanes) is 7. The smallest absolute Gasteiger partial charge is 0.305 e. The lowest BCUT2D eigenvalue weighted by atomic mass is 9.32. The third kappa shape index (κ3) is 7.21. The first kappa shape index (κ1) is 40.3. The lowest BCUT2D eigenvalue weighted by molar-refractivity contribution is -0.248. The molecule has 10 atom stereocenters. The second kappa shape index (κ2) is 15.8. The predicted octanol–water partition coefficient (Wildman–Crippen LogP) is 9.31. The van der Waals surface area contributed by atoms with Crippen molar-refractivity contribution >= 4 is 17.8 Å². The van der Waals surface area contributed by atoms with Gasteiger partial charge >= 0.3 is 11.9 Å². The first-order valence-corrected chi connectivity index (χ1v) is 21.0. The third-order valence-electron chi connectivity index (χ3n) is 16.7. The number of ether oxygens (including phenoxy) is 2. The molecule has 290 valence electrons. The molecule has 5 rings (SSSR count). The molecule has 0 heterocycles. The third-order valence-corrected chi connectivity index (χ3v) is 16.7. The fourth-order valence-electron chi connectivity index (χ4n) is 13.9. The van der Waals surface area contributed by atoms with Gasteiger partial charge in [0.05, 0.1) is 12.5 Å². The predicted molar refractivity (Wildman–Crippen MR) is 204 cm³/mol. The van der Waals surface area contributed by atoms with Gasteiger partial charge in [-0.25, -0.2) is 0 Å². The van der Waals surface area contributed by atoms with Crippen LogP contribution in [0.25, 0.3) is 0 Å². The summed E-state index contributed by atoms with van der Waals surface area (Å²) in [5.74, 6) is 2.33. The molecule has 5 fully saturated rings. The van der Waals surface area contributed by atoms with Crippen LogP contribution in [0.4, 0.5) is 0 Å². The molecule has 0 aromatic rings. The Morgan fingerprint density at radius 3 is 2.08 bits per heavy atom. The molecule has 0 radical (unpaired) electrons. The van der Waals surface area contributed by atoms with E-state index in [-0.39, 0.29) is 45.1 Å². The Labute approximate surface area is 310 Å². The van der Waals surface area contributed by atoms with E-state index in [0.717, 1.165) is 76.3 Å². The van der Waals surface area contributed by atoms with Crippen LogP contribution in [-0.4, -0.2) is 44.1 Å². The number of methoxy groups -OCH3 is 1. The van der Waals surface area contributed by atoms with Crippen molar-refractivity contribution in [1.82, 2.24) is 5.32 Å². The Bertz CT molecular complexity index is 1280. The van der Waals surface area contributed by atoms with Gasteiger partial charge in [-0.15, -0.1) is 0 Å². The summed E-state index contributed by atoms with van der Waals surface area (Å²) in [5, 5.41) is 3.49. The van der Waals surface area contributed by atoms with Crippen molar-refractivity contribution in [2.45, 2.75) is 170 Å². The van der Waals surface area contributed by atoms with E-state index in [1.807, 2.05) is 0 Å². The highest BCUT2D eigenvalue weighted by Crippen LogP contribution is 2.77. The zero-order valence-corrected chi connectivity index (χ0v) is 33.6. The van der Waals surface area contributed by atoms with Crippen LogP contribution in [0.3, 0.4) is 0 Å². The highest BCUT2D eigenvalue weighted by atomic mass is 16.5. The second-order valence-electron chi connectivity index (χ2n) is 19.2. The number of nitrogens with one attached hydrogen (secondary N) is 1. The number of carbonyl (C=O) groups is 3. The molecule has 7 nitrogen and oxygen atoms in total. The fraction of sp³-hybridized carbons (Fsp3) is 0.886. The summed E-state index contributed by atoms with van der Waals surface area (Å²) >= 11 is 0. The lowest BCUT2D eigenvalue weighted by Crippen LogP contribution is -2.67. The number of fused-ring (bicyclic) bond motifs is 7. The molecule has 0 aromatic heterocycles. The van der Waals surface area contributed by atoms with Gasteiger partial charge in [0.1, 0.15) is 6.10 Å². The van der Waals surface area contributed by atoms with E-state index in [1.54, 1.807) is 6.92 Å². The van der Waals surface area contributed by atoms with Crippen molar-refractivity contribution in [1.29, 1.82) is 0 Å². The number of hydrogen-bond acceptors (Lipinski definition) is 6. The van der Waals surface area contributed by atoms with Gasteiger partial charge in [-0.1, -0.05) is 85.3 Å². The van der Waals surface area contributed by atoms with Gasteiger partial charge in [0.25, 0.3) is 0 Å².